The van der Waals surface area contributed by atoms with Gasteiger partial charge in [-0.05, 0) is 103 Å². The van der Waals surface area contributed by atoms with Crippen LogP contribution in [0, 0.1) is 0 Å². The maximum atomic E-state index is 12.8. The normalized spacial score (nSPS) is 18.2. The van der Waals surface area contributed by atoms with E-state index >= 15 is 0 Å². The summed E-state index contributed by atoms with van der Waals surface area (Å²) in [5.41, 5.74) is 4.73. The molecule has 2 aromatic carbocycles. The molecule has 0 fully saturated rings. The van der Waals surface area contributed by atoms with E-state index in [1.165, 1.54) is 28.8 Å². The predicted octanol–water partition coefficient (Wildman–Crippen LogP) is 4.08. The van der Waals surface area contributed by atoms with Gasteiger partial charge in [-0.15, -0.1) is 0 Å². The van der Waals surface area contributed by atoms with Crippen molar-refractivity contribution < 1.29 is 23.1 Å². The van der Waals surface area contributed by atoms with Crippen LogP contribution in [0.25, 0.3) is 0 Å². The number of fused-ring (bicyclic) bond motifs is 3. The Bertz CT molecular complexity index is 1080. The number of carboxylic acids is 1. The minimum atomic E-state index is -3.65. The maximum absolute atomic E-state index is 12.8. The first-order valence-electron chi connectivity index (χ1n) is 10.6. The lowest BCUT2D eigenvalue weighted by molar-refractivity contribution is -0.139. The van der Waals surface area contributed by atoms with Crippen molar-refractivity contribution in [2.75, 3.05) is 13.2 Å². The van der Waals surface area contributed by atoms with Crippen LogP contribution >= 0.6 is 11.6 Å². The highest BCUT2D eigenvalue weighted by atomic mass is 35.5. The number of rotatable bonds is 7. The van der Waals surface area contributed by atoms with Gasteiger partial charge in [0.05, 0.1) is 4.90 Å². The highest BCUT2D eigenvalue weighted by molar-refractivity contribution is 7.89. The first-order valence-corrected chi connectivity index (χ1v) is 12.5. The van der Waals surface area contributed by atoms with Gasteiger partial charge in [-0.1, -0.05) is 11.6 Å². The number of hydrogen-bond acceptors (Lipinski definition) is 4. The van der Waals surface area contributed by atoms with E-state index in [9.17, 15) is 13.2 Å². The van der Waals surface area contributed by atoms with Crippen LogP contribution < -0.4 is 9.46 Å². The lowest BCUT2D eigenvalue weighted by Gasteiger charge is -2.33. The summed E-state index contributed by atoms with van der Waals surface area (Å²) in [6.45, 7) is -0.0775. The van der Waals surface area contributed by atoms with Gasteiger partial charge in [0.25, 0.3) is 0 Å². The Morgan fingerprint density at radius 3 is 2.55 bits per heavy atom. The number of carbonyl (C=O) groups is 1. The third-order valence-corrected chi connectivity index (χ3v) is 7.84. The van der Waals surface area contributed by atoms with Crippen molar-refractivity contribution in [3.8, 4) is 5.75 Å². The molecule has 0 saturated carbocycles. The smallest absolute Gasteiger partial charge is 0.341 e. The fourth-order valence-electron chi connectivity index (χ4n) is 4.76. The second kappa shape index (κ2) is 9.18. The van der Waals surface area contributed by atoms with E-state index in [2.05, 4.69) is 4.72 Å². The van der Waals surface area contributed by atoms with E-state index in [0.717, 1.165) is 50.5 Å². The number of hydrogen-bond donors (Lipinski definition) is 2. The van der Waals surface area contributed by atoms with Gasteiger partial charge in [0.2, 0.25) is 10.0 Å². The van der Waals surface area contributed by atoms with E-state index in [0.29, 0.717) is 17.3 Å². The van der Waals surface area contributed by atoms with Crippen LogP contribution in [0.3, 0.4) is 0 Å². The Labute approximate surface area is 187 Å². The van der Waals surface area contributed by atoms with Crippen LogP contribution in [0.2, 0.25) is 5.02 Å². The van der Waals surface area contributed by atoms with Crippen LogP contribution in [-0.2, 0) is 34.1 Å². The molecule has 0 radical (unpaired) electrons. The molecule has 1 unspecified atom stereocenters. The Kier molecular flexibility index (Phi) is 6.55. The van der Waals surface area contributed by atoms with E-state index < -0.39 is 16.0 Å². The monoisotopic (exact) mass is 463 g/mol. The summed E-state index contributed by atoms with van der Waals surface area (Å²) in [5.74, 6) is -0.330. The van der Waals surface area contributed by atoms with Crippen LogP contribution in [0.5, 0.6) is 5.75 Å². The molecule has 166 valence electrons. The SMILES string of the molecule is O=C(O)COc1cc2c(c3c1CCCC3CNS(=O)(=O)c1ccc(Cl)cc1)CCCC2. The van der Waals surface area contributed by atoms with Gasteiger partial charge >= 0.3 is 5.97 Å². The fourth-order valence-corrected chi connectivity index (χ4v) is 5.96. The summed E-state index contributed by atoms with van der Waals surface area (Å²) in [4.78, 5) is 11.2. The van der Waals surface area contributed by atoms with Gasteiger partial charge in [0.1, 0.15) is 5.75 Å². The molecule has 0 heterocycles. The third kappa shape index (κ3) is 4.89. The zero-order valence-corrected chi connectivity index (χ0v) is 18.8. The number of aryl methyl sites for hydroxylation is 1. The Balaban J connectivity index is 1.64. The molecule has 0 spiro atoms. The molecule has 8 heteroatoms. The second-order valence-electron chi connectivity index (χ2n) is 8.19. The van der Waals surface area contributed by atoms with E-state index in [1.807, 2.05) is 6.07 Å². The van der Waals surface area contributed by atoms with Gasteiger partial charge in [0.15, 0.2) is 6.61 Å². The molecule has 31 heavy (non-hydrogen) atoms. The van der Waals surface area contributed by atoms with E-state index in [-0.39, 0.29) is 17.4 Å². The molecule has 6 nitrogen and oxygen atoms in total. The summed E-state index contributed by atoms with van der Waals surface area (Å²) in [6.07, 6.45) is 6.72. The third-order valence-electron chi connectivity index (χ3n) is 6.15. The highest BCUT2D eigenvalue weighted by Crippen LogP contribution is 2.43. The molecule has 2 aliphatic rings. The average molecular weight is 464 g/mol. The molecule has 2 N–H and O–H groups in total. The molecule has 1 atom stereocenters. The number of sulfonamides is 1. The molecule has 2 aliphatic carbocycles. The Hall–Kier alpha value is -2.09. The molecular formula is C23H26ClNO5S. The van der Waals surface area contributed by atoms with Crippen molar-refractivity contribution in [1.29, 1.82) is 0 Å². The van der Waals surface area contributed by atoms with Gasteiger partial charge < -0.3 is 9.84 Å². The van der Waals surface area contributed by atoms with E-state index in [4.69, 9.17) is 21.4 Å². The van der Waals surface area contributed by atoms with Crippen molar-refractivity contribution in [2.45, 2.75) is 55.8 Å². The van der Waals surface area contributed by atoms with Gasteiger partial charge in [-0.25, -0.2) is 17.9 Å². The van der Waals surface area contributed by atoms with Crippen molar-refractivity contribution >= 4 is 27.6 Å². The van der Waals surface area contributed by atoms with Crippen LogP contribution in [0.1, 0.15) is 53.9 Å². The molecule has 0 bridgehead atoms. The van der Waals surface area contributed by atoms with Gasteiger partial charge in [-0.3, -0.25) is 0 Å². The lowest BCUT2D eigenvalue weighted by Crippen LogP contribution is -2.31. The average Bonchev–Trinajstić information content (AvgIpc) is 2.76. The second-order valence-corrected chi connectivity index (χ2v) is 10.4. The zero-order chi connectivity index (χ0) is 22.0. The summed E-state index contributed by atoms with van der Waals surface area (Å²) in [7, 11) is -3.65. The molecule has 4 rings (SSSR count). The first-order chi connectivity index (χ1) is 14.8. The summed E-state index contributed by atoms with van der Waals surface area (Å²) < 4.78 is 34.0. The number of benzene rings is 2. The predicted molar refractivity (Wildman–Crippen MR) is 119 cm³/mol. The van der Waals surface area contributed by atoms with Crippen LogP contribution in [0.4, 0.5) is 0 Å². The zero-order valence-electron chi connectivity index (χ0n) is 17.2. The molecule has 2 aromatic rings. The molecule has 0 aliphatic heterocycles. The molecular weight excluding hydrogens is 438 g/mol. The van der Waals surface area contributed by atoms with Crippen molar-refractivity contribution in [2.24, 2.45) is 0 Å². The van der Waals surface area contributed by atoms with Crippen LogP contribution in [0.15, 0.2) is 35.2 Å². The van der Waals surface area contributed by atoms with Crippen molar-refractivity contribution in [1.82, 2.24) is 4.72 Å². The highest BCUT2D eigenvalue weighted by Gasteiger charge is 2.30. The largest absolute Gasteiger partial charge is 0.482 e. The molecule has 0 amide bonds. The minimum Gasteiger partial charge on any atom is -0.482 e. The van der Waals surface area contributed by atoms with Crippen LogP contribution in [-0.4, -0.2) is 32.6 Å². The molecule has 0 saturated heterocycles. The number of nitrogens with one attached hydrogen (secondary N) is 1. The summed E-state index contributed by atoms with van der Waals surface area (Å²) >= 11 is 5.88. The summed E-state index contributed by atoms with van der Waals surface area (Å²) in [6, 6.07) is 8.14. The van der Waals surface area contributed by atoms with Crippen molar-refractivity contribution in [3.05, 3.63) is 57.6 Å². The summed E-state index contributed by atoms with van der Waals surface area (Å²) in [5, 5.41) is 9.55. The quantitative estimate of drug-likeness (QED) is 0.645. The lowest BCUT2D eigenvalue weighted by atomic mass is 9.75. The van der Waals surface area contributed by atoms with Crippen molar-refractivity contribution in [3.63, 3.8) is 0 Å². The number of carboxylic acid groups (broad SMARTS) is 1. The standard InChI is InChI=1S/C23H26ClNO5S/c24-17-8-10-18(11-9-17)31(28,29)25-13-16-5-3-7-20-21(30-14-22(26)27)12-15-4-1-2-6-19(15)23(16)20/h8-12,16,25H,1-7,13-14H2,(H,26,27). The number of halogens is 1. The van der Waals surface area contributed by atoms with Gasteiger partial charge in [0, 0.05) is 11.6 Å². The van der Waals surface area contributed by atoms with E-state index in [1.54, 1.807) is 12.1 Å². The Morgan fingerprint density at radius 2 is 1.81 bits per heavy atom. The Morgan fingerprint density at radius 1 is 1.10 bits per heavy atom. The number of aliphatic carboxylic acids is 1. The maximum Gasteiger partial charge on any atom is 0.341 e. The fraction of sp³-hybridized carbons (Fsp3) is 0.435. The minimum absolute atomic E-state index is 0.0334. The molecule has 0 aromatic heterocycles. The number of ether oxygens (including phenoxy) is 1. The first kappa shape index (κ1) is 22.1. The van der Waals surface area contributed by atoms with Gasteiger partial charge in [-0.2, -0.15) is 0 Å². The topological polar surface area (TPSA) is 92.7 Å².